The molecule has 20 heavy (non-hydrogen) atoms. The van der Waals surface area contributed by atoms with Gasteiger partial charge in [0.25, 0.3) is 0 Å². The number of ether oxygens (including phenoxy) is 2. The maximum absolute atomic E-state index is 12.3. The summed E-state index contributed by atoms with van der Waals surface area (Å²) in [5.41, 5.74) is -0.650. The highest BCUT2D eigenvalue weighted by Gasteiger charge is 2.37. The highest BCUT2D eigenvalue weighted by molar-refractivity contribution is 5.80. The monoisotopic (exact) mass is 286 g/mol. The number of nitrogens with one attached hydrogen (secondary N) is 1. The van der Waals surface area contributed by atoms with Crippen molar-refractivity contribution in [2.75, 3.05) is 32.8 Å². The fourth-order valence-electron chi connectivity index (χ4n) is 2.74. The summed E-state index contributed by atoms with van der Waals surface area (Å²) in [4.78, 5) is 14.6. The number of carbonyl (C=O) groups excluding carboxylic acids is 1. The average molecular weight is 286 g/mol. The SMILES string of the molecule is CCCNC(C)(CN1C[C@@H](C)O[C@@H](C)C1)C(=O)OCC. The molecule has 0 amide bonds. The molecule has 0 aromatic carbocycles. The molecule has 1 saturated heterocycles. The molecule has 0 aromatic heterocycles. The van der Waals surface area contributed by atoms with Gasteiger partial charge >= 0.3 is 5.97 Å². The number of carbonyl (C=O) groups is 1. The molecule has 0 radical (unpaired) electrons. The van der Waals surface area contributed by atoms with Crippen molar-refractivity contribution in [1.29, 1.82) is 0 Å². The Bertz CT molecular complexity index is 301. The molecule has 0 aliphatic carbocycles. The number of rotatable bonds is 7. The molecule has 1 unspecified atom stereocenters. The summed E-state index contributed by atoms with van der Waals surface area (Å²) in [6.45, 7) is 13.6. The highest BCUT2D eigenvalue weighted by atomic mass is 16.5. The van der Waals surface area contributed by atoms with Gasteiger partial charge in [0, 0.05) is 19.6 Å². The van der Waals surface area contributed by atoms with Gasteiger partial charge in [-0.05, 0) is 40.7 Å². The van der Waals surface area contributed by atoms with Gasteiger partial charge in [-0.2, -0.15) is 0 Å². The third-order valence-electron chi connectivity index (χ3n) is 3.53. The number of hydrogen-bond acceptors (Lipinski definition) is 5. The predicted octanol–water partition coefficient (Wildman–Crippen LogP) is 1.42. The summed E-state index contributed by atoms with van der Waals surface area (Å²) in [7, 11) is 0. The van der Waals surface area contributed by atoms with E-state index >= 15 is 0 Å². The van der Waals surface area contributed by atoms with E-state index in [1.54, 1.807) is 0 Å². The van der Waals surface area contributed by atoms with E-state index in [2.05, 4.69) is 31.0 Å². The van der Waals surface area contributed by atoms with E-state index in [4.69, 9.17) is 9.47 Å². The van der Waals surface area contributed by atoms with Crippen molar-refractivity contribution in [3.05, 3.63) is 0 Å². The van der Waals surface area contributed by atoms with Gasteiger partial charge in [0.2, 0.25) is 0 Å². The Balaban J connectivity index is 2.70. The maximum atomic E-state index is 12.3. The molecule has 0 spiro atoms. The van der Waals surface area contributed by atoms with E-state index in [1.165, 1.54) is 0 Å². The second-order valence-electron chi connectivity index (χ2n) is 5.93. The molecule has 5 nitrogen and oxygen atoms in total. The fourth-order valence-corrected chi connectivity index (χ4v) is 2.74. The zero-order valence-corrected chi connectivity index (χ0v) is 13.6. The van der Waals surface area contributed by atoms with Gasteiger partial charge in [-0.3, -0.25) is 9.69 Å². The second-order valence-corrected chi connectivity index (χ2v) is 5.93. The summed E-state index contributed by atoms with van der Waals surface area (Å²) in [6.07, 6.45) is 1.40. The van der Waals surface area contributed by atoms with Crippen molar-refractivity contribution < 1.29 is 14.3 Å². The summed E-state index contributed by atoms with van der Waals surface area (Å²) in [5, 5.41) is 3.35. The zero-order chi connectivity index (χ0) is 15.2. The van der Waals surface area contributed by atoms with Crippen molar-refractivity contribution in [1.82, 2.24) is 10.2 Å². The Labute approximate surface area is 123 Å². The van der Waals surface area contributed by atoms with Crippen LogP contribution in [-0.4, -0.2) is 61.4 Å². The van der Waals surface area contributed by atoms with Gasteiger partial charge in [0.15, 0.2) is 0 Å². The Hall–Kier alpha value is -0.650. The Kier molecular flexibility index (Phi) is 6.92. The predicted molar refractivity (Wildman–Crippen MR) is 79.8 cm³/mol. The first-order valence-corrected chi connectivity index (χ1v) is 7.71. The number of esters is 1. The first-order chi connectivity index (χ1) is 9.41. The number of morpholine rings is 1. The quantitative estimate of drug-likeness (QED) is 0.717. The molecule has 1 N–H and O–H groups in total. The van der Waals surface area contributed by atoms with Gasteiger partial charge in [-0.15, -0.1) is 0 Å². The average Bonchev–Trinajstić information content (AvgIpc) is 2.35. The van der Waals surface area contributed by atoms with Crippen molar-refractivity contribution in [3.8, 4) is 0 Å². The Morgan fingerprint density at radius 3 is 2.45 bits per heavy atom. The van der Waals surface area contributed by atoms with Crippen LogP contribution in [0.3, 0.4) is 0 Å². The summed E-state index contributed by atoms with van der Waals surface area (Å²) in [5.74, 6) is -0.166. The summed E-state index contributed by atoms with van der Waals surface area (Å²) in [6, 6.07) is 0. The molecule has 118 valence electrons. The van der Waals surface area contributed by atoms with Gasteiger partial charge < -0.3 is 14.8 Å². The minimum Gasteiger partial charge on any atom is -0.465 e. The molecule has 1 heterocycles. The molecule has 1 aliphatic heterocycles. The summed E-state index contributed by atoms with van der Waals surface area (Å²) >= 11 is 0. The molecule has 3 atom stereocenters. The van der Waals surface area contributed by atoms with Crippen LogP contribution in [0.25, 0.3) is 0 Å². The Morgan fingerprint density at radius 2 is 1.95 bits per heavy atom. The van der Waals surface area contributed by atoms with Crippen LogP contribution in [0.5, 0.6) is 0 Å². The van der Waals surface area contributed by atoms with E-state index in [9.17, 15) is 4.79 Å². The van der Waals surface area contributed by atoms with Crippen LogP contribution in [0, 0.1) is 0 Å². The molecule has 5 heteroatoms. The van der Waals surface area contributed by atoms with Crippen LogP contribution in [-0.2, 0) is 14.3 Å². The van der Waals surface area contributed by atoms with Gasteiger partial charge in [0.05, 0.1) is 18.8 Å². The van der Waals surface area contributed by atoms with Crippen LogP contribution >= 0.6 is 0 Å². The molecule has 1 aliphatic rings. The van der Waals surface area contributed by atoms with Crippen LogP contribution in [0.1, 0.15) is 41.0 Å². The van der Waals surface area contributed by atoms with E-state index in [0.717, 1.165) is 26.1 Å². The first-order valence-electron chi connectivity index (χ1n) is 7.71. The van der Waals surface area contributed by atoms with Crippen LogP contribution in [0.15, 0.2) is 0 Å². The standard InChI is InChI=1S/C15H30N2O3/c1-6-8-16-15(5,14(18)19-7-2)11-17-9-12(3)20-13(4)10-17/h12-13,16H,6-11H2,1-5H3/t12-,13+,15?. The second kappa shape index (κ2) is 7.96. The molecular weight excluding hydrogens is 256 g/mol. The molecule has 0 saturated carbocycles. The third kappa shape index (κ3) is 5.04. The number of nitrogens with zero attached hydrogens (tertiary/aromatic N) is 1. The van der Waals surface area contributed by atoms with Crippen LogP contribution < -0.4 is 5.32 Å². The maximum Gasteiger partial charge on any atom is 0.327 e. The minimum atomic E-state index is -0.650. The minimum absolute atomic E-state index is 0.166. The lowest BCUT2D eigenvalue weighted by molar-refractivity contribution is -0.153. The topological polar surface area (TPSA) is 50.8 Å². The van der Waals surface area contributed by atoms with Crippen molar-refractivity contribution in [3.63, 3.8) is 0 Å². The van der Waals surface area contributed by atoms with Gasteiger partial charge in [-0.25, -0.2) is 0 Å². The van der Waals surface area contributed by atoms with Crippen molar-refractivity contribution >= 4 is 5.97 Å². The lowest BCUT2D eigenvalue weighted by Gasteiger charge is -2.40. The normalized spacial score (nSPS) is 27.1. The lowest BCUT2D eigenvalue weighted by Crippen LogP contribution is -2.60. The highest BCUT2D eigenvalue weighted by Crippen LogP contribution is 2.16. The van der Waals surface area contributed by atoms with E-state index in [0.29, 0.717) is 13.2 Å². The van der Waals surface area contributed by atoms with E-state index in [1.807, 2.05) is 13.8 Å². The van der Waals surface area contributed by atoms with Gasteiger partial charge in [-0.1, -0.05) is 6.92 Å². The lowest BCUT2D eigenvalue weighted by atomic mass is 10.0. The molecular formula is C15H30N2O3. The van der Waals surface area contributed by atoms with E-state index in [-0.39, 0.29) is 18.2 Å². The van der Waals surface area contributed by atoms with Crippen LogP contribution in [0.2, 0.25) is 0 Å². The van der Waals surface area contributed by atoms with Crippen LogP contribution in [0.4, 0.5) is 0 Å². The van der Waals surface area contributed by atoms with Crippen molar-refractivity contribution in [2.45, 2.75) is 58.8 Å². The molecule has 0 aromatic rings. The molecule has 1 fully saturated rings. The summed E-state index contributed by atoms with van der Waals surface area (Å²) < 4.78 is 11.0. The van der Waals surface area contributed by atoms with E-state index < -0.39 is 5.54 Å². The largest absolute Gasteiger partial charge is 0.465 e. The fraction of sp³-hybridized carbons (Fsp3) is 0.933. The van der Waals surface area contributed by atoms with Crippen molar-refractivity contribution in [2.24, 2.45) is 0 Å². The Morgan fingerprint density at radius 1 is 1.35 bits per heavy atom. The molecule has 0 bridgehead atoms. The van der Waals surface area contributed by atoms with Gasteiger partial charge in [0.1, 0.15) is 5.54 Å². The zero-order valence-electron chi connectivity index (χ0n) is 13.6. The number of hydrogen-bond donors (Lipinski definition) is 1. The molecule has 1 rings (SSSR count). The first kappa shape index (κ1) is 17.4. The third-order valence-corrected chi connectivity index (χ3v) is 3.53. The smallest absolute Gasteiger partial charge is 0.327 e.